The molecule has 0 aromatic heterocycles. The molecule has 0 saturated carbocycles. The van der Waals surface area contributed by atoms with E-state index in [0.29, 0.717) is 18.8 Å². The molecule has 5 heteroatoms. The van der Waals surface area contributed by atoms with Crippen LogP contribution in [0.25, 0.3) is 0 Å². The van der Waals surface area contributed by atoms with Gasteiger partial charge < -0.3 is 10.0 Å². The smallest absolute Gasteiger partial charge is 0.241 e. The molecular formula is C15H23FN2O2. The van der Waals surface area contributed by atoms with E-state index in [4.69, 9.17) is 0 Å². The zero-order valence-electron chi connectivity index (χ0n) is 12.6. The van der Waals surface area contributed by atoms with Gasteiger partial charge in [0.25, 0.3) is 0 Å². The summed E-state index contributed by atoms with van der Waals surface area (Å²) >= 11 is 0. The molecule has 0 aliphatic carbocycles. The van der Waals surface area contributed by atoms with Crippen LogP contribution in [0.3, 0.4) is 0 Å². The topological polar surface area (TPSA) is 43.8 Å². The number of likely N-dealkylation sites (N-methyl/N-ethyl adjacent to an activating group) is 2. The van der Waals surface area contributed by atoms with Crippen molar-refractivity contribution in [3.63, 3.8) is 0 Å². The van der Waals surface area contributed by atoms with Gasteiger partial charge in [0.2, 0.25) is 5.91 Å². The molecule has 1 aromatic rings. The number of rotatable bonds is 6. The summed E-state index contributed by atoms with van der Waals surface area (Å²) in [5.41, 5.74) is -0.169. The summed E-state index contributed by atoms with van der Waals surface area (Å²) in [4.78, 5) is 15.6. The van der Waals surface area contributed by atoms with Gasteiger partial charge in [-0.3, -0.25) is 9.69 Å². The van der Waals surface area contributed by atoms with Crippen LogP contribution in [0.15, 0.2) is 24.3 Å². The average Bonchev–Trinajstić information content (AvgIpc) is 2.29. The summed E-state index contributed by atoms with van der Waals surface area (Å²) in [6.07, 6.45) is 0. The molecule has 0 spiro atoms. The van der Waals surface area contributed by atoms with Crippen LogP contribution in [0.5, 0.6) is 0 Å². The average molecular weight is 282 g/mol. The Balaban J connectivity index is 2.70. The van der Waals surface area contributed by atoms with Crippen LogP contribution in [-0.4, -0.2) is 48.2 Å². The standard InChI is InChI=1S/C15H23FN2O2/c1-5-18(13-8-6-12(16)7-9-13)14(19)10-17(4)11-15(2,3)20/h6-9,20H,5,10-11H2,1-4H3. The van der Waals surface area contributed by atoms with Crippen LogP contribution < -0.4 is 4.90 Å². The number of hydrogen-bond acceptors (Lipinski definition) is 3. The highest BCUT2D eigenvalue weighted by molar-refractivity contribution is 5.94. The number of nitrogens with zero attached hydrogens (tertiary/aromatic N) is 2. The van der Waals surface area contributed by atoms with Crippen LogP contribution in [0, 0.1) is 5.82 Å². The maximum absolute atomic E-state index is 12.9. The Hall–Kier alpha value is -1.46. The molecule has 20 heavy (non-hydrogen) atoms. The van der Waals surface area contributed by atoms with Gasteiger partial charge in [-0.25, -0.2) is 4.39 Å². The van der Waals surface area contributed by atoms with Gasteiger partial charge in [-0.05, 0) is 52.1 Å². The number of carbonyl (C=O) groups excluding carboxylic acids is 1. The largest absolute Gasteiger partial charge is 0.389 e. The van der Waals surface area contributed by atoms with Crippen molar-refractivity contribution >= 4 is 11.6 Å². The van der Waals surface area contributed by atoms with Crippen molar-refractivity contribution in [1.82, 2.24) is 4.90 Å². The molecule has 0 aliphatic rings. The Bertz CT molecular complexity index is 440. The summed E-state index contributed by atoms with van der Waals surface area (Å²) in [5, 5.41) is 9.74. The summed E-state index contributed by atoms with van der Waals surface area (Å²) < 4.78 is 12.9. The summed E-state index contributed by atoms with van der Waals surface area (Å²) in [6, 6.07) is 5.86. The van der Waals surface area contributed by atoms with Gasteiger partial charge in [0.15, 0.2) is 0 Å². The van der Waals surface area contributed by atoms with Crippen LogP contribution in [0.4, 0.5) is 10.1 Å². The number of amides is 1. The van der Waals surface area contributed by atoms with E-state index in [1.807, 2.05) is 6.92 Å². The van der Waals surface area contributed by atoms with Gasteiger partial charge >= 0.3 is 0 Å². The lowest BCUT2D eigenvalue weighted by Crippen LogP contribution is -2.43. The molecule has 1 rings (SSSR count). The molecule has 4 nitrogen and oxygen atoms in total. The van der Waals surface area contributed by atoms with Crippen LogP contribution in [0.2, 0.25) is 0 Å². The van der Waals surface area contributed by atoms with Crippen molar-refractivity contribution in [2.45, 2.75) is 26.4 Å². The molecule has 0 fully saturated rings. The predicted octanol–water partition coefficient (Wildman–Crippen LogP) is 1.88. The first-order valence-corrected chi connectivity index (χ1v) is 6.70. The quantitative estimate of drug-likeness (QED) is 0.866. The molecule has 1 N–H and O–H groups in total. The fourth-order valence-electron chi connectivity index (χ4n) is 2.16. The molecule has 0 heterocycles. The first kappa shape index (κ1) is 16.6. The monoisotopic (exact) mass is 282 g/mol. The lowest BCUT2D eigenvalue weighted by Gasteiger charge is -2.28. The van der Waals surface area contributed by atoms with Crippen molar-refractivity contribution in [3.8, 4) is 0 Å². The Labute approximate surface area is 119 Å². The maximum Gasteiger partial charge on any atom is 0.241 e. The number of benzene rings is 1. The van der Waals surface area contributed by atoms with E-state index in [-0.39, 0.29) is 18.3 Å². The predicted molar refractivity (Wildman–Crippen MR) is 78.2 cm³/mol. The van der Waals surface area contributed by atoms with Crippen molar-refractivity contribution < 1.29 is 14.3 Å². The van der Waals surface area contributed by atoms with E-state index in [0.717, 1.165) is 0 Å². The first-order chi connectivity index (χ1) is 9.23. The van der Waals surface area contributed by atoms with E-state index >= 15 is 0 Å². The van der Waals surface area contributed by atoms with Gasteiger partial charge in [0.05, 0.1) is 12.1 Å². The third-order valence-electron chi connectivity index (χ3n) is 2.82. The molecule has 0 atom stereocenters. The van der Waals surface area contributed by atoms with Crippen LogP contribution in [0.1, 0.15) is 20.8 Å². The van der Waals surface area contributed by atoms with Crippen molar-refractivity contribution in [3.05, 3.63) is 30.1 Å². The minimum atomic E-state index is -0.845. The van der Waals surface area contributed by atoms with Crippen LogP contribution >= 0.6 is 0 Å². The molecule has 112 valence electrons. The molecule has 1 amide bonds. The fourth-order valence-corrected chi connectivity index (χ4v) is 2.16. The number of anilines is 1. The third kappa shape index (κ3) is 5.27. The molecule has 0 radical (unpaired) electrons. The van der Waals surface area contributed by atoms with Gasteiger partial charge in [-0.1, -0.05) is 0 Å². The number of aliphatic hydroxyl groups is 1. The maximum atomic E-state index is 12.9. The van der Waals surface area contributed by atoms with Gasteiger partial charge in [0, 0.05) is 18.8 Å². The molecular weight excluding hydrogens is 259 g/mol. The molecule has 0 bridgehead atoms. The summed E-state index contributed by atoms with van der Waals surface area (Å²) in [7, 11) is 1.79. The van der Waals surface area contributed by atoms with Crippen molar-refractivity contribution in [2.75, 3.05) is 31.6 Å². The molecule has 0 saturated heterocycles. The van der Waals surface area contributed by atoms with E-state index in [1.165, 1.54) is 12.1 Å². The third-order valence-corrected chi connectivity index (χ3v) is 2.82. The van der Waals surface area contributed by atoms with Crippen molar-refractivity contribution in [2.24, 2.45) is 0 Å². The second kappa shape index (κ2) is 6.81. The molecule has 1 aromatic carbocycles. The van der Waals surface area contributed by atoms with E-state index in [2.05, 4.69) is 0 Å². The first-order valence-electron chi connectivity index (χ1n) is 6.70. The Kier molecular flexibility index (Phi) is 5.65. The highest BCUT2D eigenvalue weighted by atomic mass is 19.1. The number of hydrogen-bond donors (Lipinski definition) is 1. The zero-order valence-corrected chi connectivity index (χ0v) is 12.6. The highest BCUT2D eigenvalue weighted by Gasteiger charge is 2.20. The second-order valence-electron chi connectivity index (χ2n) is 5.60. The normalized spacial score (nSPS) is 11.8. The molecule has 0 unspecified atom stereocenters. The van der Waals surface area contributed by atoms with Gasteiger partial charge in [-0.15, -0.1) is 0 Å². The Morgan fingerprint density at radius 2 is 1.85 bits per heavy atom. The van der Waals surface area contributed by atoms with Crippen molar-refractivity contribution in [1.29, 1.82) is 0 Å². The van der Waals surface area contributed by atoms with Gasteiger partial charge in [-0.2, -0.15) is 0 Å². The van der Waals surface area contributed by atoms with Crippen LogP contribution in [-0.2, 0) is 4.79 Å². The minimum Gasteiger partial charge on any atom is -0.389 e. The Morgan fingerprint density at radius 1 is 1.30 bits per heavy atom. The van der Waals surface area contributed by atoms with Gasteiger partial charge in [0.1, 0.15) is 5.82 Å². The molecule has 0 aliphatic heterocycles. The highest BCUT2D eigenvalue weighted by Crippen LogP contribution is 2.15. The number of halogens is 1. The fraction of sp³-hybridized carbons (Fsp3) is 0.533. The Morgan fingerprint density at radius 3 is 2.30 bits per heavy atom. The van der Waals surface area contributed by atoms with E-state index in [1.54, 1.807) is 42.8 Å². The number of carbonyl (C=O) groups is 1. The van der Waals surface area contributed by atoms with E-state index in [9.17, 15) is 14.3 Å². The summed E-state index contributed by atoms with van der Waals surface area (Å²) in [5.74, 6) is -0.401. The SMILES string of the molecule is CCN(C(=O)CN(C)CC(C)(C)O)c1ccc(F)cc1. The summed E-state index contributed by atoms with van der Waals surface area (Å²) in [6.45, 7) is 6.39. The second-order valence-corrected chi connectivity index (χ2v) is 5.60. The lowest BCUT2D eigenvalue weighted by atomic mass is 10.1. The minimum absolute atomic E-state index is 0.0779. The van der Waals surface area contributed by atoms with E-state index < -0.39 is 5.60 Å². The lowest BCUT2D eigenvalue weighted by molar-refractivity contribution is -0.119. The zero-order chi connectivity index (χ0) is 15.3.